The first kappa shape index (κ1) is 32.3. The predicted octanol–water partition coefficient (Wildman–Crippen LogP) is 8.90. The first-order valence-corrected chi connectivity index (χ1v) is 17.0. The van der Waals surface area contributed by atoms with Crippen LogP contribution in [0, 0.1) is 0 Å². The van der Waals surface area contributed by atoms with Gasteiger partial charge in [0.15, 0.2) is 0 Å². The summed E-state index contributed by atoms with van der Waals surface area (Å²) in [5.74, 6) is -1.56. The molecule has 6 aromatic rings. The Bertz CT molecular complexity index is 2270. The van der Waals surface area contributed by atoms with Gasteiger partial charge in [0.2, 0.25) is 0 Å². The van der Waals surface area contributed by atoms with Crippen molar-refractivity contribution in [2.75, 3.05) is 9.80 Å². The molecular formula is C46H32N2O4. The summed E-state index contributed by atoms with van der Waals surface area (Å²) in [7, 11) is 0. The number of carbonyl (C=O) groups excluding carboxylic acids is 4. The molecule has 0 aliphatic carbocycles. The summed E-state index contributed by atoms with van der Waals surface area (Å²) in [5.41, 5.74) is 8.36. The van der Waals surface area contributed by atoms with Crippen molar-refractivity contribution in [1.29, 1.82) is 0 Å². The molecule has 52 heavy (non-hydrogen) atoms. The number of anilines is 2. The Morgan fingerprint density at radius 3 is 1.08 bits per heavy atom. The fraction of sp³-hybridized carbons (Fsp3) is 0.0435. The lowest BCUT2D eigenvalue weighted by Crippen LogP contribution is -2.31. The van der Waals surface area contributed by atoms with E-state index in [1.165, 1.54) is 34.1 Å². The Hall–Kier alpha value is -6.92. The summed E-state index contributed by atoms with van der Waals surface area (Å²) in [5, 5.41) is 0. The lowest BCUT2D eigenvalue weighted by Gasteiger charge is -2.34. The maximum atomic E-state index is 13.0. The van der Waals surface area contributed by atoms with Crippen LogP contribution in [-0.2, 0) is 24.6 Å². The van der Waals surface area contributed by atoms with Gasteiger partial charge in [-0.3, -0.25) is 19.2 Å². The van der Waals surface area contributed by atoms with Crippen LogP contribution in [0.2, 0.25) is 0 Å². The standard InChI is InChI=1S/C46H32N2O4/c1-46(35-19-17-32(18-20-35)31-11-5-2-6-12-31,36-21-23-40(47-42(49)25-26-43(47)50)38(29-36)33-13-7-3-8-14-33)37-22-24-41(48-44(51)27-28-45(48)52)39(30-37)34-15-9-4-10-16-34/h2-30H,1H3. The van der Waals surface area contributed by atoms with E-state index in [-0.39, 0.29) is 0 Å². The number of carbonyl (C=O) groups is 4. The Kier molecular flexibility index (Phi) is 8.12. The second-order valence-electron chi connectivity index (χ2n) is 13.0. The second kappa shape index (κ2) is 13.1. The van der Waals surface area contributed by atoms with Gasteiger partial charge in [-0.05, 0) is 70.1 Å². The van der Waals surface area contributed by atoms with Crippen LogP contribution < -0.4 is 9.80 Å². The van der Waals surface area contributed by atoms with E-state index in [2.05, 4.69) is 55.5 Å². The molecule has 0 fully saturated rings. The molecule has 0 saturated heterocycles. The molecule has 0 aromatic heterocycles. The SMILES string of the molecule is CC(c1ccc(-c2ccccc2)cc1)(c1ccc(N2C(=O)C=CC2=O)c(-c2ccccc2)c1)c1ccc(N2C(=O)C=CC2=O)c(-c2ccccc2)c1. The van der Waals surface area contributed by atoms with Crippen LogP contribution in [0.3, 0.4) is 0 Å². The van der Waals surface area contributed by atoms with Crippen molar-refractivity contribution < 1.29 is 19.2 Å². The minimum atomic E-state index is -0.798. The molecule has 4 amide bonds. The first-order chi connectivity index (χ1) is 25.3. The fourth-order valence-corrected chi connectivity index (χ4v) is 7.18. The average molecular weight is 677 g/mol. The lowest BCUT2D eigenvalue weighted by atomic mass is 9.69. The number of nitrogens with zero attached hydrogens (tertiary/aromatic N) is 2. The van der Waals surface area contributed by atoms with Crippen molar-refractivity contribution in [3.8, 4) is 33.4 Å². The van der Waals surface area contributed by atoms with E-state index in [0.29, 0.717) is 11.4 Å². The van der Waals surface area contributed by atoms with Crippen molar-refractivity contribution in [2.45, 2.75) is 12.3 Å². The normalized spacial score (nSPS) is 14.2. The van der Waals surface area contributed by atoms with Gasteiger partial charge in [-0.1, -0.05) is 127 Å². The van der Waals surface area contributed by atoms with Gasteiger partial charge in [0.1, 0.15) is 0 Å². The molecule has 0 radical (unpaired) electrons. The third-order valence-electron chi connectivity index (χ3n) is 9.99. The molecule has 6 heteroatoms. The average Bonchev–Trinajstić information content (AvgIpc) is 3.72. The molecule has 6 nitrogen and oxygen atoms in total. The fourth-order valence-electron chi connectivity index (χ4n) is 7.18. The molecule has 0 saturated carbocycles. The molecule has 2 aliphatic heterocycles. The Morgan fingerprint density at radius 1 is 0.365 bits per heavy atom. The maximum Gasteiger partial charge on any atom is 0.258 e. The monoisotopic (exact) mass is 676 g/mol. The molecule has 0 spiro atoms. The van der Waals surface area contributed by atoms with Crippen LogP contribution in [0.4, 0.5) is 11.4 Å². The first-order valence-electron chi connectivity index (χ1n) is 17.0. The zero-order chi connectivity index (χ0) is 35.8. The molecule has 6 aromatic carbocycles. The third kappa shape index (κ3) is 5.56. The zero-order valence-corrected chi connectivity index (χ0v) is 28.3. The van der Waals surface area contributed by atoms with Gasteiger partial charge in [-0.25, -0.2) is 9.80 Å². The van der Waals surface area contributed by atoms with E-state index >= 15 is 0 Å². The summed E-state index contributed by atoms with van der Waals surface area (Å²) >= 11 is 0. The summed E-state index contributed by atoms with van der Waals surface area (Å²) in [6, 6.07) is 49.9. The topological polar surface area (TPSA) is 74.8 Å². The largest absolute Gasteiger partial charge is 0.269 e. The second-order valence-corrected chi connectivity index (χ2v) is 13.0. The van der Waals surface area contributed by atoms with E-state index in [1.807, 2.05) is 103 Å². The highest BCUT2D eigenvalue weighted by molar-refractivity contribution is 6.30. The van der Waals surface area contributed by atoms with Gasteiger partial charge >= 0.3 is 0 Å². The van der Waals surface area contributed by atoms with Gasteiger partial charge in [0.05, 0.1) is 11.4 Å². The van der Waals surface area contributed by atoms with Crippen molar-refractivity contribution >= 4 is 35.0 Å². The Morgan fingerprint density at radius 2 is 0.692 bits per heavy atom. The van der Waals surface area contributed by atoms with Crippen molar-refractivity contribution in [2.24, 2.45) is 0 Å². The molecule has 0 atom stereocenters. The van der Waals surface area contributed by atoms with Crippen LogP contribution >= 0.6 is 0 Å². The minimum Gasteiger partial charge on any atom is -0.269 e. The number of imide groups is 2. The van der Waals surface area contributed by atoms with Gasteiger partial charge in [0, 0.05) is 40.8 Å². The minimum absolute atomic E-state index is 0.391. The number of amides is 4. The van der Waals surface area contributed by atoms with E-state index < -0.39 is 29.0 Å². The number of hydrogen-bond donors (Lipinski definition) is 0. The van der Waals surface area contributed by atoms with Crippen LogP contribution in [0.15, 0.2) is 176 Å². The zero-order valence-electron chi connectivity index (χ0n) is 28.3. The van der Waals surface area contributed by atoms with Gasteiger partial charge in [-0.15, -0.1) is 0 Å². The van der Waals surface area contributed by atoms with Crippen LogP contribution in [0.1, 0.15) is 23.6 Å². The summed E-state index contributed by atoms with van der Waals surface area (Å²) in [4.78, 5) is 54.3. The van der Waals surface area contributed by atoms with Crippen LogP contribution in [0.25, 0.3) is 33.4 Å². The van der Waals surface area contributed by atoms with Crippen molar-refractivity contribution in [3.63, 3.8) is 0 Å². The Labute approximate surface area is 301 Å². The molecule has 0 unspecified atom stereocenters. The summed E-state index contributed by atoms with van der Waals surface area (Å²) in [6.45, 7) is 2.15. The van der Waals surface area contributed by atoms with E-state index in [4.69, 9.17) is 0 Å². The predicted molar refractivity (Wildman–Crippen MR) is 204 cm³/mol. The van der Waals surface area contributed by atoms with E-state index in [0.717, 1.165) is 50.1 Å². The quantitative estimate of drug-likeness (QED) is 0.119. The Balaban J connectivity index is 1.36. The third-order valence-corrected chi connectivity index (χ3v) is 9.99. The number of rotatable bonds is 8. The lowest BCUT2D eigenvalue weighted by molar-refractivity contribution is -0.121. The molecule has 250 valence electrons. The van der Waals surface area contributed by atoms with Gasteiger partial charge in [-0.2, -0.15) is 0 Å². The van der Waals surface area contributed by atoms with Crippen molar-refractivity contribution in [1.82, 2.24) is 0 Å². The number of hydrogen-bond acceptors (Lipinski definition) is 4. The summed E-state index contributed by atoms with van der Waals surface area (Å²) in [6.07, 6.45) is 5.17. The molecule has 2 heterocycles. The van der Waals surface area contributed by atoms with Crippen LogP contribution in [0.5, 0.6) is 0 Å². The molecule has 0 bridgehead atoms. The van der Waals surface area contributed by atoms with Gasteiger partial charge in [0.25, 0.3) is 23.6 Å². The maximum absolute atomic E-state index is 13.0. The molecule has 8 rings (SSSR count). The molecule has 0 N–H and O–H groups in total. The molecule has 2 aliphatic rings. The smallest absolute Gasteiger partial charge is 0.258 e. The van der Waals surface area contributed by atoms with Crippen LogP contribution in [-0.4, -0.2) is 23.6 Å². The highest BCUT2D eigenvalue weighted by Crippen LogP contribution is 2.46. The van der Waals surface area contributed by atoms with Crippen molar-refractivity contribution in [3.05, 3.63) is 193 Å². The van der Waals surface area contributed by atoms with E-state index in [9.17, 15) is 19.2 Å². The number of benzene rings is 6. The highest BCUT2D eigenvalue weighted by atomic mass is 16.2. The highest BCUT2D eigenvalue weighted by Gasteiger charge is 2.36. The van der Waals surface area contributed by atoms with Gasteiger partial charge < -0.3 is 0 Å². The summed E-state index contributed by atoms with van der Waals surface area (Å²) < 4.78 is 0. The molecular weight excluding hydrogens is 645 g/mol. The van der Waals surface area contributed by atoms with E-state index in [1.54, 1.807) is 0 Å².